The normalized spacial score (nSPS) is 24.2. The summed E-state index contributed by atoms with van der Waals surface area (Å²) in [5.41, 5.74) is 1.26. The van der Waals surface area contributed by atoms with Gasteiger partial charge in [0.25, 0.3) is 0 Å². The smallest absolute Gasteiger partial charge is 0.0551 e. The molecule has 0 heterocycles. The summed E-state index contributed by atoms with van der Waals surface area (Å²) < 4.78 is 0.965. The van der Waals surface area contributed by atoms with Crippen LogP contribution < -0.4 is 5.32 Å². The van der Waals surface area contributed by atoms with E-state index in [0.29, 0.717) is 6.04 Å². The maximum atomic E-state index is 6.11. The molecule has 100 valence electrons. The average molecular weight is 349 g/mol. The van der Waals surface area contributed by atoms with Crippen LogP contribution in [0.3, 0.4) is 0 Å². The molecule has 2 unspecified atom stereocenters. The Labute approximate surface area is 127 Å². The van der Waals surface area contributed by atoms with E-state index in [1.54, 1.807) is 0 Å². The molecule has 4 heteroatoms. The minimum atomic E-state index is 0.649. The van der Waals surface area contributed by atoms with E-state index >= 15 is 0 Å². The largest absolute Gasteiger partial charge is 0.309 e. The van der Waals surface area contributed by atoms with Gasteiger partial charge < -0.3 is 5.32 Å². The molecule has 0 aliphatic heterocycles. The van der Waals surface area contributed by atoms with Crippen LogP contribution in [0.1, 0.15) is 31.2 Å². The fraction of sp³-hybridized carbons (Fsp3) is 0.571. The maximum Gasteiger partial charge on any atom is 0.0551 e. The second kappa shape index (κ2) is 7.18. The number of benzene rings is 1. The summed E-state index contributed by atoms with van der Waals surface area (Å²) in [6.07, 6.45) is 7.61. The van der Waals surface area contributed by atoms with Gasteiger partial charge in [0.05, 0.1) is 5.02 Å². The Morgan fingerprint density at radius 3 is 2.89 bits per heavy atom. The Hall–Kier alpha value is 0.300. The van der Waals surface area contributed by atoms with Gasteiger partial charge in [-0.25, -0.2) is 0 Å². The molecule has 1 saturated carbocycles. The predicted octanol–water partition coefficient (Wildman–Crippen LogP) is 4.87. The first-order chi connectivity index (χ1) is 8.70. The Bertz CT molecular complexity index is 399. The molecule has 1 N–H and O–H groups in total. The van der Waals surface area contributed by atoms with E-state index in [1.807, 2.05) is 23.9 Å². The number of halogens is 2. The SMILES string of the molecule is CSC1CCCCC1NCc1ccc(Br)c(Cl)c1. The zero-order valence-electron chi connectivity index (χ0n) is 10.6. The number of rotatable bonds is 4. The summed E-state index contributed by atoms with van der Waals surface area (Å²) in [6.45, 7) is 0.911. The van der Waals surface area contributed by atoms with Crippen molar-refractivity contribution in [1.82, 2.24) is 5.32 Å². The lowest BCUT2D eigenvalue weighted by Gasteiger charge is -2.31. The van der Waals surface area contributed by atoms with Gasteiger partial charge in [0.2, 0.25) is 0 Å². The number of hydrogen-bond acceptors (Lipinski definition) is 2. The molecule has 2 rings (SSSR count). The zero-order valence-corrected chi connectivity index (χ0v) is 13.7. The highest BCUT2D eigenvalue weighted by molar-refractivity contribution is 9.10. The van der Waals surface area contributed by atoms with Crippen LogP contribution in [0, 0.1) is 0 Å². The number of thioether (sulfide) groups is 1. The molecule has 0 aromatic heterocycles. The van der Waals surface area contributed by atoms with Crippen molar-refractivity contribution in [2.75, 3.05) is 6.26 Å². The average Bonchev–Trinajstić information content (AvgIpc) is 2.40. The van der Waals surface area contributed by atoms with Gasteiger partial charge in [0, 0.05) is 22.3 Å². The molecule has 1 aliphatic carbocycles. The van der Waals surface area contributed by atoms with Gasteiger partial charge in [0.15, 0.2) is 0 Å². The highest BCUT2D eigenvalue weighted by Crippen LogP contribution is 2.28. The van der Waals surface area contributed by atoms with Gasteiger partial charge in [-0.15, -0.1) is 0 Å². The molecule has 1 fully saturated rings. The number of nitrogens with one attached hydrogen (secondary N) is 1. The topological polar surface area (TPSA) is 12.0 Å². The van der Waals surface area contributed by atoms with Crippen molar-refractivity contribution in [3.8, 4) is 0 Å². The molecule has 0 radical (unpaired) electrons. The minimum Gasteiger partial charge on any atom is -0.309 e. The predicted molar refractivity (Wildman–Crippen MR) is 85.6 cm³/mol. The summed E-state index contributed by atoms with van der Waals surface area (Å²) in [4.78, 5) is 0. The van der Waals surface area contributed by atoms with Crippen LogP contribution in [0.2, 0.25) is 5.02 Å². The van der Waals surface area contributed by atoms with Gasteiger partial charge in [0.1, 0.15) is 0 Å². The molecule has 0 bridgehead atoms. The second-order valence-corrected chi connectivity index (χ2v) is 7.13. The molecular formula is C14H19BrClNS. The van der Waals surface area contributed by atoms with Crippen molar-refractivity contribution >= 4 is 39.3 Å². The molecule has 0 amide bonds. The van der Waals surface area contributed by atoms with Crippen molar-refractivity contribution < 1.29 is 0 Å². The van der Waals surface area contributed by atoms with E-state index in [4.69, 9.17) is 11.6 Å². The van der Waals surface area contributed by atoms with Gasteiger partial charge in [-0.3, -0.25) is 0 Å². The standard InChI is InChI=1S/C14H19BrClNS/c1-18-14-5-3-2-4-13(14)17-9-10-6-7-11(15)12(16)8-10/h6-8,13-14,17H,2-5,9H2,1H3. The van der Waals surface area contributed by atoms with Crippen molar-refractivity contribution in [1.29, 1.82) is 0 Å². The second-order valence-electron chi connectivity index (χ2n) is 4.79. The highest BCUT2D eigenvalue weighted by atomic mass is 79.9. The van der Waals surface area contributed by atoms with E-state index in [1.165, 1.54) is 31.2 Å². The van der Waals surface area contributed by atoms with Crippen LogP contribution in [0.25, 0.3) is 0 Å². The fourth-order valence-electron chi connectivity index (χ4n) is 2.51. The number of hydrogen-bond donors (Lipinski definition) is 1. The summed E-state index contributed by atoms with van der Waals surface area (Å²) >= 11 is 11.5. The van der Waals surface area contributed by atoms with Crippen molar-refractivity contribution in [3.05, 3.63) is 33.3 Å². The molecule has 18 heavy (non-hydrogen) atoms. The van der Waals surface area contributed by atoms with Crippen LogP contribution in [0.4, 0.5) is 0 Å². The lowest BCUT2D eigenvalue weighted by molar-refractivity contribution is 0.383. The van der Waals surface area contributed by atoms with Gasteiger partial charge >= 0.3 is 0 Å². The van der Waals surface area contributed by atoms with Crippen LogP contribution in [0.15, 0.2) is 22.7 Å². The van der Waals surface area contributed by atoms with Gasteiger partial charge in [-0.05, 0) is 52.7 Å². The van der Waals surface area contributed by atoms with E-state index in [-0.39, 0.29) is 0 Å². The molecule has 2 atom stereocenters. The molecule has 0 spiro atoms. The highest BCUT2D eigenvalue weighted by Gasteiger charge is 2.23. The Morgan fingerprint density at radius 2 is 2.17 bits per heavy atom. The first kappa shape index (κ1) is 14.7. The van der Waals surface area contributed by atoms with Crippen molar-refractivity contribution in [2.45, 2.75) is 43.5 Å². The van der Waals surface area contributed by atoms with Gasteiger partial charge in [-0.2, -0.15) is 11.8 Å². The third-order valence-electron chi connectivity index (χ3n) is 3.56. The zero-order chi connectivity index (χ0) is 13.0. The van der Waals surface area contributed by atoms with E-state index in [9.17, 15) is 0 Å². The van der Waals surface area contributed by atoms with E-state index in [0.717, 1.165) is 21.3 Å². The summed E-state index contributed by atoms with van der Waals surface area (Å²) in [7, 11) is 0. The summed E-state index contributed by atoms with van der Waals surface area (Å²) in [5, 5.41) is 5.25. The van der Waals surface area contributed by atoms with E-state index in [2.05, 4.69) is 33.6 Å². The fourth-order valence-corrected chi connectivity index (χ4v) is 3.92. The maximum absolute atomic E-state index is 6.11. The van der Waals surface area contributed by atoms with Gasteiger partial charge in [-0.1, -0.05) is 30.5 Å². The van der Waals surface area contributed by atoms with Crippen molar-refractivity contribution in [3.63, 3.8) is 0 Å². The van der Waals surface area contributed by atoms with Crippen molar-refractivity contribution in [2.24, 2.45) is 0 Å². The third-order valence-corrected chi connectivity index (χ3v) is 5.96. The van der Waals surface area contributed by atoms with Crippen LogP contribution in [-0.2, 0) is 6.54 Å². The van der Waals surface area contributed by atoms with E-state index < -0.39 is 0 Å². The summed E-state index contributed by atoms with van der Waals surface area (Å²) in [5.74, 6) is 0. The minimum absolute atomic E-state index is 0.649. The first-order valence-corrected chi connectivity index (χ1v) is 8.86. The molecular weight excluding hydrogens is 330 g/mol. The van der Waals surface area contributed by atoms with Crippen LogP contribution in [-0.4, -0.2) is 17.5 Å². The lowest BCUT2D eigenvalue weighted by atomic mass is 9.94. The molecule has 1 aromatic rings. The monoisotopic (exact) mass is 347 g/mol. The Morgan fingerprint density at radius 1 is 1.39 bits per heavy atom. The Balaban J connectivity index is 1.91. The van der Waals surface area contributed by atoms with Crippen LogP contribution >= 0.6 is 39.3 Å². The Kier molecular flexibility index (Phi) is 5.87. The summed E-state index contributed by atoms with van der Waals surface area (Å²) in [6, 6.07) is 6.83. The molecule has 1 aromatic carbocycles. The quantitative estimate of drug-likeness (QED) is 0.833. The first-order valence-electron chi connectivity index (χ1n) is 6.41. The molecule has 0 saturated heterocycles. The third kappa shape index (κ3) is 3.89. The molecule has 1 nitrogen and oxygen atoms in total. The molecule has 1 aliphatic rings. The van der Waals surface area contributed by atoms with Crippen LogP contribution in [0.5, 0.6) is 0 Å². The lowest BCUT2D eigenvalue weighted by Crippen LogP contribution is -2.39.